The van der Waals surface area contributed by atoms with E-state index in [1.807, 2.05) is 3.28 Å². The molecule has 1 atom stereocenters. The number of benzene rings is 1. The van der Waals surface area contributed by atoms with E-state index >= 15 is 0 Å². The van der Waals surface area contributed by atoms with Crippen LogP contribution in [0.3, 0.4) is 0 Å². The van der Waals surface area contributed by atoms with E-state index in [1.165, 1.54) is 12.0 Å². The fraction of sp³-hybridized carbons (Fsp3) is 0.480. The Balaban J connectivity index is 0.00000196. The molecule has 0 saturated heterocycles. The van der Waals surface area contributed by atoms with Gasteiger partial charge < -0.3 is 24.8 Å². The maximum absolute atomic E-state index is 2.52. The van der Waals surface area contributed by atoms with Crippen molar-refractivity contribution in [2.24, 2.45) is 10.8 Å². The van der Waals surface area contributed by atoms with Crippen LogP contribution in [-0.2, 0) is 21.3 Å². The van der Waals surface area contributed by atoms with E-state index in [2.05, 4.69) is 97.9 Å². The summed E-state index contributed by atoms with van der Waals surface area (Å²) in [5.74, 6) is 0. The van der Waals surface area contributed by atoms with Crippen LogP contribution in [0.4, 0.5) is 0 Å². The van der Waals surface area contributed by atoms with E-state index in [9.17, 15) is 0 Å². The van der Waals surface area contributed by atoms with E-state index in [0.717, 1.165) is 0 Å². The molecule has 0 bridgehead atoms. The van der Waals surface area contributed by atoms with Crippen molar-refractivity contribution in [1.29, 1.82) is 0 Å². The molecule has 2 aliphatic rings. The first-order valence-electron chi connectivity index (χ1n) is 9.90. The van der Waals surface area contributed by atoms with Gasteiger partial charge >= 0.3 is 169 Å². The fourth-order valence-corrected chi connectivity index (χ4v) is 14.4. The molecule has 0 saturated carbocycles. The Labute approximate surface area is 192 Å². The third-order valence-corrected chi connectivity index (χ3v) is 14.0. The Morgan fingerprint density at radius 2 is 1.54 bits per heavy atom. The summed E-state index contributed by atoms with van der Waals surface area (Å²) in [4.78, 5) is 0. The van der Waals surface area contributed by atoms with Crippen LogP contribution in [0.2, 0.25) is 0 Å². The maximum atomic E-state index is 2.52. The van der Waals surface area contributed by atoms with Crippen LogP contribution in [0.25, 0.3) is 6.08 Å². The molecule has 0 nitrogen and oxygen atoms in total. The molecule has 1 aromatic carbocycles. The van der Waals surface area contributed by atoms with Gasteiger partial charge in [0, 0.05) is 0 Å². The van der Waals surface area contributed by atoms with Gasteiger partial charge in [0.1, 0.15) is 0 Å². The molecular weight excluding hydrogens is 462 g/mol. The molecule has 3 rings (SSSR count). The number of allylic oxidation sites excluding steroid dienone is 5. The van der Waals surface area contributed by atoms with Crippen molar-refractivity contribution in [2.75, 3.05) is 0 Å². The third-order valence-electron chi connectivity index (χ3n) is 5.69. The Morgan fingerprint density at radius 1 is 0.929 bits per heavy atom. The van der Waals surface area contributed by atoms with Gasteiger partial charge in [-0.1, -0.05) is 0 Å². The summed E-state index contributed by atoms with van der Waals surface area (Å²) in [6.07, 6.45) is 8.55. The summed E-state index contributed by atoms with van der Waals surface area (Å²) in [5, 5.41) is 0. The summed E-state index contributed by atoms with van der Waals surface area (Å²) in [6.45, 7) is 19.2. The van der Waals surface area contributed by atoms with E-state index in [4.69, 9.17) is 0 Å². The third kappa shape index (κ3) is 4.91. The van der Waals surface area contributed by atoms with E-state index in [1.54, 1.807) is 19.9 Å². The first kappa shape index (κ1) is 25.8. The minimum absolute atomic E-state index is 0. The molecule has 0 fully saturated rings. The van der Waals surface area contributed by atoms with Gasteiger partial charge in [-0.3, -0.25) is 0 Å². The van der Waals surface area contributed by atoms with Crippen LogP contribution in [0.15, 0.2) is 50.8 Å². The summed E-state index contributed by atoms with van der Waals surface area (Å²) in [5.41, 5.74) is 6.83. The standard InChI is InChI=1S/C13H15.C9H13.C3H6.2ClH.Zr/c1-13(2,3)12-8-10-6-4-5-7-11(10)9-12;1-9(2,3)8-6-4-5-7-8;1-3-2;;;/h4-9H,1-3H3;4,6H,5H2,1-3H3;1-2H3;2*1H;/q;;;;;+2/p-2. The van der Waals surface area contributed by atoms with Gasteiger partial charge in [-0.05, 0) is 0 Å². The Hall–Kier alpha value is -0.227. The molecule has 0 spiro atoms. The number of rotatable bonds is 2. The topological polar surface area (TPSA) is 0 Å². The molecule has 0 aliphatic heterocycles. The second-order valence-corrected chi connectivity index (χ2v) is 17.5. The van der Waals surface area contributed by atoms with Crippen molar-refractivity contribution in [3.8, 4) is 0 Å². The molecule has 1 unspecified atom stereocenters. The van der Waals surface area contributed by atoms with Crippen molar-refractivity contribution in [1.82, 2.24) is 0 Å². The summed E-state index contributed by atoms with van der Waals surface area (Å²) >= 11 is -2.04. The molecule has 2 aliphatic carbocycles. The molecular formula is C25H34Cl2Zr. The molecule has 0 radical (unpaired) electrons. The van der Waals surface area contributed by atoms with Gasteiger partial charge in [0.15, 0.2) is 0 Å². The second-order valence-electron chi connectivity index (χ2n) is 10.1. The van der Waals surface area contributed by atoms with E-state index < -0.39 is 21.3 Å². The van der Waals surface area contributed by atoms with Crippen molar-refractivity contribution in [2.45, 2.75) is 65.4 Å². The van der Waals surface area contributed by atoms with Crippen LogP contribution in [0, 0.1) is 10.8 Å². The molecule has 0 amide bonds. The monoisotopic (exact) mass is 494 g/mol. The van der Waals surface area contributed by atoms with Crippen molar-refractivity contribution in [3.05, 3.63) is 62.0 Å². The van der Waals surface area contributed by atoms with Gasteiger partial charge in [0.2, 0.25) is 0 Å². The predicted octanol–water partition coefficient (Wildman–Crippen LogP) is 1.27. The summed E-state index contributed by atoms with van der Waals surface area (Å²) in [7, 11) is 0. The molecule has 1 aromatic rings. The number of hydrogen-bond acceptors (Lipinski definition) is 0. The zero-order chi connectivity index (χ0) is 19.3. The smallest absolute Gasteiger partial charge is 1.00 e. The average molecular weight is 497 g/mol. The van der Waals surface area contributed by atoms with Gasteiger partial charge in [0.05, 0.1) is 0 Å². The zero-order valence-electron chi connectivity index (χ0n) is 18.6. The molecule has 0 heterocycles. The Kier molecular flexibility index (Phi) is 8.56. The number of hydrogen-bond donors (Lipinski definition) is 0. The maximum Gasteiger partial charge on any atom is -1.00 e. The van der Waals surface area contributed by atoms with Crippen molar-refractivity contribution < 1.29 is 46.1 Å². The van der Waals surface area contributed by atoms with Gasteiger partial charge in [-0.15, -0.1) is 0 Å². The molecule has 0 aromatic heterocycles. The quantitative estimate of drug-likeness (QED) is 0.579. The van der Waals surface area contributed by atoms with E-state index in [0.29, 0.717) is 3.63 Å². The Bertz CT molecular complexity index is 851. The molecule has 28 heavy (non-hydrogen) atoms. The van der Waals surface area contributed by atoms with E-state index in [-0.39, 0.29) is 35.6 Å². The number of halogens is 2. The van der Waals surface area contributed by atoms with Crippen molar-refractivity contribution in [3.63, 3.8) is 0 Å². The minimum atomic E-state index is -2.04. The van der Waals surface area contributed by atoms with Crippen LogP contribution >= 0.6 is 0 Å². The van der Waals surface area contributed by atoms with Crippen LogP contribution in [-0.4, -0.2) is 3.21 Å². The summed E-state index contributed by atoms with van der Waals surface area (Å²) < 4.78 is 4.22. The fourth-order valence-electron chi connectivity index (χ4n) is 4.51. The van der Waals surface area contributed by atoms with Crippen LogP contribution < -0.4 is 24.8 Å². The Morgan fingerprint density at radius 3 is 2.07 bits per heavy atom. The zero-order valence-corrected chi connectivity index (χ0v) is 22.6. The predicted molar refractivity (Wildman–Crippen MR) is 113 cm³/mol. The van der Waals surface area contributed by atoms with Gasteiger partial charge in [-0.2, -0.15) is 0 Å². The first-order chi connectivity index (χ1) is 12.0. The molecule has 152 valence electrons. The molecule has 3 heteroatoms. The normalized spacial score (nSPS) is 18.0. The van der Waals surface area contributed by atoms with Crippen LogP contribution in [0.5, 0.6) is 0 Å². The average Bonchev–Trinajstić information content (AvgIpc) is 3.12. The van der Waals surface area contributed by atoms with Gasteiger partial charge in [0.25, 0.3) is 0 Å². The molecule has 0 N–H and O–H groups in total. The largest absolute Gasteiger partial charge is 1.00 e. The SMILES string of the molecule is C[C](C)=[Zr+2]([C]1=C(C(C)(C)C)C=CC1)[CH]1C(C(C)(C)C)=Cc2ccccc21.[Cl-].[Cl-]. The first-order valence-corrected chi connectivity index (χ1v) is 13.8. The van der Waals surface area contributed by atoms with Crippen LogP contribution in [0.1, 0.15) is 76.6 Å². The van der Waals surface area contributed by atoms with Gasteiger partial charge in [-0.25, -0.2) is 0 Å². The second kappa shape index (κ2) is 9.28. The van der Waals surface area contributed by atoms with Crippen molar-refractivity contribution >= 4 is 9.28 Å². The summed E-state index contributed by atoms with van der Waals surface area (Å²) in [6, 6.07) is 9.15. The minimum Gasteiger partial charge on any atom is -1.00 e. The number of fused-ring (bicyclic) bond motifs is 1.